The lowest BCUT2D eigenvalue weighted by Crippen LogP contribution is -2.28. The number of hydrogen-bond donors (Lipinski definition) is 2. The first-order valence-corrected chi connectivity index (χ1v) is 10.6. The standard InChI is InChI=1S/C18H23N3O5S/c1-3-4-14-16(17(19)22)15(26-21-14)11-12-5-7-13(8-6-12)18(23)20-9-10-27(2,24)25/h5-8H,3-4,9-11H2,1-2H3,(H2,19,22)(H,20,23). The van der Waals surface area contributed by atoms with Gasteiger partial charge in [0, 0.05) is 24.8 Å². The zero-order valence-corrected chi connectivity index (χ0v) is 16.1. The molecule has 8 nitrogen and oxygen atoms in total. The highest BCUT2D eigenvalue weighted by Gasteiger charge is 2.20. The highest BCUT2D eigenvalue weighted by atomic mass is 32.2. The second kappa shape index (κ2) is 8.81. The number of amides is 2. The SMILES string of the molecule is CCCc1noc(Cc2ccc(C(=O)NCCS(C)(=O)=O)cc2)c1C(N)=O. The summed E-state index contributed by atoms with van der Waals surface area (Å²) in [4.78, 5) is 23.7. The minimum Gasteiger partial charge on any atom is -0.365 e. The van der Waals surface area contributed by atoms with E-state index in [0.29, 0.717) is 35.4 Å². The normalized spacial score (nSPS) is 11.3. The van der Waals surface area contributed by atoms with Gasteiger partial charge in [-0.2, -0.15) is 0 Å². The molecule has 3 N–H and O–H groups in total. The number of nitrogens with zero attached hydrogens (tertiary/aromatic N) is 1. The molecule has 27 heavy (non-hydrogen) atoms. The summed E-state index contributed by atoms with van der Waals surface area (Å²) in [6, 6.07) is 6.72. The van der Waals surface area contributed by atoms with Crippen molar-refractivity contribution < 1.29 is 22.5 Å². The van der Waals surface area contributed by atoms with E-state index in [2.05, 4.69) is 10.5 Å². The summed E-state index contributed by atoms with van der Waals surface area (Å²) in [7, 11) is -3.13. The number of rotatable bonds is 9. The number of aryl methyl sites for hydroxylation is 1. The number of hydrogen-bond acceptors (Lipinski definition) is 6. The molecule has 0 saturated heterocycles. The molecule has 0 spiro atoms. The van der Waals surface area contributed by atoms with Crippen molar-refractivity contribution >= 4 is 21.7 Å². The van der Waals surface area contributed by atoms with Crippen molar-refractivity contribution in [3.63, 3.8) is 0 Å². The maximum absolute atomic E-state index is 12.0. The highest BCUT2D eigenvalue weighted by molar-refractivity contribution is 7.90. The summed E-state index contributed by atoms with van der Waals surface area (Å²) in [5.41, 5.74) is 7.56. The van der Waals surface area contributed by atoms with Crippen molar-refractivity contribution in [1.29, 1.82) is 0 Å². The number of aromatic nitrogens is 1. The van der Waals surface area contributed by atoms with Crippen LogP contribution in [0.5, 0.6) is 0 Å². The second-order valence-corrected chi connectivity index (χ2v) is 8.56. The van der Waals surface area contributed by atoms with Crippen LogP contribution in [0, 0.1) is 0 Å². The van der Waals surface area contributed by atoms with E-state index in [9.17, 15) is 18.0 Å². The molecule has 2 rings (SSSR count). The Morgan fingerprint density at radius 3 is 2.44 bits per heavy atom. The summed E-state index contributed by atoms with van der Waals surface area (Å²) in [5, 5.41) is 6.49. The topological polar surface area (TPSA) is 132 Å². The van der Waals surface area contributed by atoms with Gasteiger partial charge in [0.15, 0.2) is 5.76 Å². The summed E-state index contributed by atoms with van der Waals surface area (Å²) in [6.07, 6.45) is 2.86. The van der Waals surface area contributed by atoms with Crippen molar-refractivity contribution in [3.8, 4) is 0 Å². The Bertz CT molecular complexity index is 917. The number of primary amides is 1. The molecule has 1 aromatic carbocycles. The molecule has 0 aliphatic carbocycles. The first-order valence-electron chi connectivity index (χ1n) is 8.53. The van der Waals surface area contributed by atoms with Crippen LogP contribution in [0.4, 0.5) is 0 Å². The van der Waals surface area contributed by atoms with Crippen LogP contribution in [0.1, 0.15) is 51.1 Å². The first kappa shape index (κ1) is 20.6. The third-order valence-electron chi connectivity index (χ3n) is 3.91. The molecule has 1 heterocycles. The Morgan fingerprint density at radius 2 is 1.89 bits per heavy atom. The summed E-state index contributed by atoms with van der Waals surface area (Å²) in [6.45, 7) is 2.03. The maximum Gasteiger partial charge on any atom is 0.254 e. The average Bonchev–Trinajstić information content (AvgIpc) is 2.97. The van der Waals surface area contributed by atoms with Gasteiger partial charge in [-0.25, -0.2) is 8.42 Å². The lowest BCUT2D eigenvalue weighted by molar-refractivity contribution is 0.0954. The first-order chi connectivity index (χ1) is 12.7. The van der Waals surface area contributed by atoms with Crippen molar-refractivity contribution in [2.24, 2.45) is 5.73 Å². The van der Waals surface area contributed by atoms with Gasteiger partial charge in [-0.1, -0.05) is 30.6 Å². The van der Waals surface area contributed by atoms with Crippen molar-refractivity contribution in [2.45, 2.75) is 26.2 Å². The molecule has 0 aliphatic heterocycles. The van der Waals surface area contributed by atoms with Gasteiger partial charge in [0.2, 0.25) is 0 Å². The van der Waals surface area contributed by atoms with Crippen LogP contribution < -0.4 is 11.1 Å². The van der Waals surface area contributed by atoms with Gasteiger partial charge in [0.1, 0.15) is 15.4 Å². The van der Waals surface area contributed by atoms with E-state index >= 15 is 0 Å². The van der Waals surface area contributed by atoms with Crippen molar-refractivity contribution in [3.05, 3.63) is 52.4 Å². The molecular formula is C18H23N3O5S. The average molecular weight is 393 g/mol. The molecule has 0 bridgehead atoms. The Hall–Kier alpha value is -2.68. The molecule has 9 heteroatoms. The molecule has 0 radical (unpaired) electrons. The van der Waals surface area contributed by atoms with E-state index in [0.717, 1.165) is 18.2 Å². The van der Waals surface area contributed by atoms with Gasteiger partial charge >= 0.3 is 0 Å². The van der Waals surface area contributed by atoms with Gasteiger partial charge in [0.25, 0.3) is 11.8 Å². The zero-order chi connectivity index (χ0) is 20.0. The van der Waals surface area contributed by atoms with Crippen molar-refractivity contribution in [2.75, 3.05) is 18.6 Å². The van der Waals surface area contributed by atoms with Gasteiger partial charge < -0.3 is 15.6 Å². The Balaban J connectivity index is 2.06. The largest absolute Gasteiger partial charge is 0.365 e. The molecule has 0 atom stereocenters. The van der Waals surface area contributed by atoms with E-state index in [4.69, 9.17) is 10.3 Å². The molecule has 1 aromatic heterocycles. The molecular weight excluding hydrogens is 370 g/mol. The van der Waals surface area contributed by atoms with Gasteiger partial charge in [0.05, 0.1) is 11.4 Å². The highest BCUT2D eigenvalue weighted by Crippen LogP contribution is 2.19. The molecule has 0 aliphatic rings. The number of benzene rings is 1. The van der Waals surface area contributed by atoms with E-state index in [1.54, 1.807) is 24.3 Å². The van der Waals surface area contributed by atoms with E-state index in [-0.39, 0.29) is 18.2 Å². The van der Waals surface area contributed by atoms with Gasteiger partial charge in [-0.3, -0.25) is 9.59 Å². The van der Waals surface area contributed by atoms with Crippen LogP contribution in [0.3, 0.4) is 0 Å². The fourth-order valence-corrected chi connectivity index (χ4v) is 3.05. The maximum atomic E-state index is 12.0. The third-order valence-corrected chi connectivity index (χ3v) is 4.85. The monoisotopic (exact) mass is 393 g/mol. The molecule has 146 valence electrons. The minimum atomic E-state index is -3.13. The van der Waals surface area contributed by atoms with Crippen LogP contribution in [-0.4, -0.2) is 43.9 Å². The smallest absolute Gasteiger partial charge is 0.254 e. The molecule has 0 fully saturated rings. The van der Waals surface area contributed by atoms with E-state index in [1.807, 2.05) is 6.92 Å². The molecule has 2 aromatic rings. The van der Waals surface area contributed by atoms with Crippen LogP contribution in [-0.2, 0) is 22.7 Å². The van der Waals surface area contributed by atoms with E-state index in [1.165, 1.54) is 0 Å². The molecule has 2 amide bonds. The number of carbonyl (C=O) groups is 2. The fraction of sp³-hybridized carbons (Fsp3) is 0.389. The fourth-order valence-electron chi connectivity index (χ4n) is 2.58. The summed E-state index contributed by atoms with van der Waals surface area (Å²) < 4.78 is 27.5. The molecule has 0 saturated carbocycles. The summed E-state index contributed by atoms with van der Waals surface area (Å²) in [5.74, 6) is -0.640. The lowest BCUT2D eigenvalue weighted by atomic mass is 10.0. The number of carbonyl (C=O) groups excluding carboxylic acids is 2. The quantitative estimate of drug-likeness (QED) is 0.655. The number of nitrogens with two attached hydrogens (primary N) is 1. The van der Waals surface area contributed by atoms with E-state index < -0.39 is 15.7 Å². The Labute approximate surface area is 158 Å². The number of sulfone groups is 1. The predicted molar refractivity (Wildman–Crippen MR) is 100 cm³/mol. The summed E-state index contributed by atoms with van der Waals surface area (Å²) >= 11 is 0. The second-order valence-electron chi connectivity index (χ2n) is 6.30. The third kappa shape index (κ3) is 5.92. The van der Waals surface area contributed by atoms with Crippen LogP contribution >= 0.6 is 0 Å². The minimum absolute atomic E-state index is 0.0552. The molecule has 0 unspecified atom stereocenters. The lowest BCUT2D eigenvalue weighted by Gasteiger charge is -2.06. The van der Waals surface area contributed by atoms with Gasteiger partial charge in [-0.05, 0) is 24.1 Å². The Kier molecular flexibility index (Phi) is 6.73. The zero-order valence-electron chi connectivity index (χ0n) is 15.3. The Morgan fingerprint density at radius 1 is 1.22 bits per heavy atom. The van der Waals surface area contributed by atoms with Crippen LogP contribution in [0.25, 0.3) is 0 Å². The number of nitrogens with one attached hydrogen (secondary N) is 1. The van der Waals surface area contributed by atoms with Crippen LogP contribution in [0.15, 0.2) is 28.8 Å². The predicted octanol–water partition coefficient (Wildman–Crippen LogP) is 1.09. The van der Waals surface area contributed by atoms with Crippen molar-refractivity contribution in [1.82, 2.24) is 10.5 Å². The van der Waals surface area contributed by atoms with Gasteiger partial charge in [-0.15, -0.1) is 0 Å². The van der Waals surface area contributed by atoms with Crippen LogP contribution in [0.2, 0.25) is 0 Å².